The molecule has 1 amide bonds. The van der Waals surface area contributed by atoms with Gasteiger partial charge in [0.25, 0.3) is 0 Å². The molecule has 0 fully saturated rings. The number of aryl methyl sites for hydroxylation is 2. The van der Waals surface area contributed by atoms with Crippen molar-refractivity contribution in [2.45, 2.75) is 33.2 Å². The fourth-order valence-electron chi connectivity index (χ4n) is 1.82. The van der Waals surface area contributed by atoms with Crippen LogP contribution in [-0.2, 0) is 4.79 Å². The molecule has 0 saturated heterocycles. The molecule has 2 N–H and O–H groups in total. The van der Waals surface area contributed by atoms with Crippen molar-refractivity contribution in [2.24, 2.45) is 0 Å². The summed E-state index contributed by atoms with van der Waals surface area (Å²) in [5.74, 6) is -0.0908. The molecule has 106 valence electrons. The molecule has 5 nitrogen and oxygen atoms in total. The second-order valence-corrected chi connectivity index (χ2v) is 5.72. The maximum absolute atomic E-state index is 12.2. The molecule has 0 aliphatic heterocycles. The highest BCUT2D eigenvalue weighted by molar-refractivity contribution is 7.15. The van der Waals surface area contributed by atoms with Gasteiger partial charge in [0.2, 0.25) is 11.0 Å². The number of hydrogen-bond acceptors (Lipinski definition) is 5. The first kappa shape index (κ1) is 14.5. The number of nitrogens with one attached hydrogen (secondary N) is 2. The second-order valence-electron chi connectivity index (χ2n) is 4.54. The van der Waals surface area contributed by atoms with Crippen LogP contribution in [0.15, 0.2) is 24.3 Å². The second kappa shape index (κ2) is 6.47. The van der Waals surface area contributed by atoms with E-state index in [-0.39, 0.29) is 11.9 Å². The molecule has 0 spiro atoms. The monoisotopic (exact) mass is 290 g/mol. The first-order valence-electron chi connectivity index (χ1n) is 6.53. The number of rotatable bonds is 5. The molecule has 0 unspecified atom stereocenters. The van der Waals surface area contributed by atoms with Crippen LogP contribution in [0.4, 0.5) is 10.8 Å². The first-order valence-corrected chi connectivity index (χ1v) is 7.35. The van der Waals surface area contributed by atoms with Crippen LogP contribution in [0.1, 0.15) is 23.9 Å². The highest BCUT2D eigenvalue weighted by Crippen LogP contribution is 2.18. The summed E-state index contributed by atoms with van der Waals surface area (Å²) >= 11 is 1.37. The van der Waals surface area contributed by atoms with Gasteiger partial charge in [-0.1, -0.05) is 36.5 Å². The summed E-state index contributed by atoms with van der Waals surface area (Å²) in [6.07, 6.45) is 0.692. The van der Waals surface area contributed by atoms with E-state index in [0.717, 1.165) is 16.3 Å². The van der Waals surface area contributed by atoms with E-state index in [1.807, 2.05) is 45.0 Å². The Balaban J connectivity index is 2.04. The summed E-state index contributed by atoms with van der Waals surface area (Å²) < 4.78 is 0. The normalized spacial score (nSPS) is 11.9. The Kier molecular flexibility index (Phi) is 4.68. The fourth-order valence-corrected chi connectivity index (χ4v) is 2.41. The molecule has 1 heterocycles. The predicted molar refractivity (Wildman–Crippen MR) is 82.2 cm³/mol. The third-order valence-corrected chi connectivity index (χ3v) is 3.71. The molecule has 0 radical (unpaired) electrons. The van der Waals surface area contributed by atoms with E-state index in [0.29, 0.717) is 11.6 Å². The maximum Gasteiger partial charge on any atom is 0.248 e. The number of hydrogen-bond donors (Lipinski definition) is 2. The number of benzene rings is 1. The van der Waals surface area contributed by atoms with Gasteiger partial charge in [-0.25, -0.2) is 0 Å². The van der Waals surface area contributed by atoms with Crippen LogP contribution < -0.4 is 10.6 Å². The highest BCUT2D eigenvalue weighted by atomic mass is 32.1. The Morgan fingerprint density at radius 1 is 1.30 bits per heavy atom. The van der Waals surface area contributed by atoms with Gasteiger partial charge in [0.15, 0.2) is 0 Å². The minimum Gasteiger partial charge on any atom is -0.373 e. The summed E-state index contributed by atoms with van der Waals surface area (Å²) in [5, 5.41) is 15.2. The average Bonchev–Trinajstić information content (AvgIpc) is 2.83. The largest absolute Gasteiger partial charge is 0.373 e. The van der Waals surface area contributed by atoms with Crippen molar-refractivity contribution in [3.8, 4) is 0 Å². The molecule has 2 aromatic rings. The van der Waals surface area contributed by atoms with Gasteiger partial charge < -0.3 is 5.32 Å². The van der Waals surface area contributed by atoms with Gasteiger partial charge >= 0.3 is 0 Å². The SMILES string of the molecule is CC[C@H](Nc1ccccc1C)C(=O)Nc1nnc(C)s1. The number of carbonyl (C=O) groups excluding carboxylic acids is 1. The average molecular weight is 290 g/mol. The Morgan fingerprint density at radius 3 is 2.65 bits per heavy atom. The van der Waals surface area contributed by atoms with Crippen molar-refractivity contribution in [3.63, 3.8) is 0 Å². The molecule has 1 aromatic heterocycles. The number of anilines is 2. The van der Waals surface area contributed by atoms with E-state index in [1.165, 1.54) is 11.3 Å². The number of amides is 1. The van der Waals surface area contributed by atoms with Gasteiger partial charge in [0, 0.05) is 5.69 Å². The molecule has 0 bridgehead atoms. The van der Waals surface area contributed by atoms with Crippen molar-refractivity contribution in [1.82, 2.24) is 10.2 Å². The van der Waals surface area contributed by atoms with Gasteiger partial charge in [0.1, 0.15) is 11.0 Å². The lowest BCUT2D eigenvalue weighted by Gasteiger charge is -2.18. The summed E-state index contributed by atoms with van der Waals surface area (Å²) in [4.78, 5) is 12.2. The van der Waals surface area contributed by atoms with Gasteiger partial charge in [0.05, 0.1) is 0 Å². The van der Waals surface area contributed by atoms with Crippen LogP contribution in [0, 0.1) is 13.8 Å². The van der Waals surface area contributed by atoms with Crippen molar-refractivity contribution >= 4 is 28.1 Å². The van der Waals surface area contributed by atoms with Crippen LogP contribution in [0.5, 0.6) is 0 Å². The Hall–Kier alpha value is -1.95. The lowest BCUT2D eigenvalue weighted by molar-refractivity contribution is -0.117. The predicted octanol–water partition coefficient (Wildman–Crippen LogP) is 2.98. The molecular formula is C14H18N4OS. The summed E-state index contributed by atoms with van der Waals surface area (Å²) in [6.45, 7) is 5.85. The Bertz CT molecular complexity index is 596. The van der Waals surface area contributed by atoms with Crippen LogP contribution in [0.25, 0.3) is 0 Å². The molecule has 0 aliphatic rings. The Labute approximate surface area is 122 Å². The van der Waals surface area contributed by atoms with Crippen LogP contribution in [0.3, 0.4) is 0 Å². The number of para-hydroxylation sites is 1. The van der Waals surface area contributed by atoms with E-state index < -0.39 is 0 Å². The van der Waals surface area contributed by atoms with Gasteiger partial charge in [-0.3, -0.25) is 10.1 Å². The lowest BCUT2D eigenvalue weighted by atomic mass is 10.1. The zero-order valence-corrected chi connectivity index (χ0v) is 12.6. The van der Waals surface area contributed by atoms with E-state index in [9.17, 15) is 4.79 Å². The van der Waals surface area contributed by atoms with Gasteiger partial charge in [-0.15, -0.1) is 10.2 Å². The summed E-state index contributed by atoms with van der Waals surface area (Å²) in [7, 11) is 0. The van der Waals surface area contributed by atoms with Crippen molar-refractivity contribution in [2.75, 3.05) is 10.6 Å². The van der Waals surface area contributed by atoms with Gasteiger partial charge in [-0.2, -0.15) is 0 Å². The van der Waals surface area contributed by atoms with Crippen LogP contribution >= 0.6 is 11.3 Å². The van der Waals surface area contributed by atoms with E-state index in [2.05, 4.69) is 20.8 Å². The molecule has 1 atom stereocenters. The minimum atomic E-state index is -0.291. The topological polar surface area (TPSA) is 66.9 Å². The first-order chi connectivity index (χ1) is 9.60. The maximum atomic E-state index is 12.2. The van der Waals surface area contributed by atoms with Crippen LogP contribution in [-0.4, -0.2) is 22.1 Å². The third-order valence-electron chi connectivity index (χ3n) is 2.96. The number of nitrogens with zero attached hydrogens (tertiary/aromatic N) is 2. The van der Waals surface area contributed by atoms with E-state index in [1.54, 1.807) is 0 Å². The zero-order valence-electron chi connectivity index (χ0n) is 11.8. The molecule has 6 heteroatoms. The molecule has 2 rings (SSSR count). The molecule has 1 aromatic carbocycles. The number of carbonyl (C=O) groups is 1. The molecule has 0 saturated carbocycles. The van der Waals surface area contributed by atoms with Gasteiger partial charge in [-0.05, 0) is 31.9 Å². The van der Waals surface area contributed by atoms with E-state index in [4.69, 9.17) is 0 Å². The smallest absolute Gasteiger partial charge is 0.248 e. The standard InChI is InChI=1S/C14H18N4OS/c1-4-11(15-12-8-6-5-7-9(12)2)13(19)16-14-18-17-10(3)20-14/h5-8,11,15H,4H2,1-3H3,(H,16,18,19)/t11-/m0/s1. The van der Waals surface area contributed by atoms with Crippen molar-refractivity contribution in [1.29, 1.82) is 0 Å². The summed E-state index contributed by atoms with van der Waals surface area (Å²) in [5.41, 5.74) is 2.09. The minimum absolute atomic E-state index is 0.0908. The van der Waals surface area contributed by atoms with Crippen molar-refractivity contribution in [3.05, 3.63) is 34.8 Å². The van der Waals surface area contributed by atoms with E-state index >= 15 is 0 Å². The molecule has 20 heavy (non-hydrogen) atoms. The quantitative estimate of drug-likeness (QED) is 0.888. The van der Waals surface area contributed by atoms with Crippen molar-refractivity contribution < 1.29 is 4.79 Å². The third kappa shape index (κ3) is 3.54. The highest BCUT2D eigenvalue weighted by Gasteiger charge is 2.18. The summed E-state index contributed by atoms with van der Waals surface area (Å²) in [6, 6.07) is 7.63. The number of aromatic nitrogens is 2. The zero-order chi connectivity index (χ0) is 14.5. The fraction of sp³-hybridized carbons (Fsp3) is 0.357. The Morgan fingerprint density at radius 2 is 2.05 bits per heavy atom. The molecule has 0 aliphatic carbocycles. The lowest BCUT2D eigenvalue weighted by Crippen LogP contribution is -2.34. The molecular weight excluding hydrogens is 272 g/mol. The van der Waals surface area contributed by atoms with Crippen LogP contribution in [0.2, 0.25) is 0 Å².